The number of nitrogens with zero attached hydrogens (tertiary/aromatic N) is 2. The average molecular weight is 263 g/mol. The standard InChI is InChI=1S/C15H25N3O/c1-4-9-19-15-10-12(5-6-14(15)16)18-8-7-13(11-18)17(2)3/h5-6,10,13H,4,7-9,11,16H2,1-3H3. The number of ether oxygens (including phenoxy) is 1. The van der Waals surface area contributed by atoms with Crippen molar-refractivity contribution in [3.05, 3.63) is 18.2 Å². The molecule has 4 nitrogen and oxygen atoms in total. The van der Waals surface area contributed by atoms with Crippen molar-refractivity contribution >= 4 is 11.4 Å². The van der Waals surface area contributed by atoms with Crippen molar-refractivity contribution < 1.29 is 4.74 Å². The molecule has 1 aromatic rings. The van der Waals surface area contributed by atoms with E-state index in [1.807, 2.05) is 6.07 Å². The summed E-state index contributed by atoms with van der Waals surface area (Å²) in [6, 6.07) is 6.75. The number of anilines is 2. The van der Waals surface area contributed by atoms with Crippen molar-refractivity contribution in [1.29, 1.82) is 0 Å². The first-order chi connectivity index (χ1) is 9.11. The molecular formula is C15H25N3O. The molecule has 1 fully saturated rings. The number of nitrogens with two attached hydrogens (primary N) is 1. The Kier molecular flexibility index (Phi) is 4.53. The fourth-order valence-corrected chi connectivity index (χ4v) is 2.45. The molecule has 106 valence electrons. The van der Waals surface area contributed by atoms with Gasteiger partial charge in [0.1, 0.15) is 5.75 Å². The second-order valence-corrected chi connectivity index (χ2v) is 5.42. The molecule has 1 atom stereocenters. The Balaban J connectivity index is 2.08. The van der Waals surface area contributed by atoms with Gasteiger partial charge in [0.15, 0.2) is 0 Å². The molecular weight excluding hydrogens is 238 g/mol. The van der Waals surface area contributed by atoms with Crippen LogP contribution in [-0.2, 0) is 0 Å². The Morgan fingerprint density at radius 2 is 2.21 bits per heavy atom. The van der Waals surface area contributed by atoms with Gasteiger partial charge >= 0.3 is 0 Å². The van der Waals surface area contributed by atoms with Crippen LogP contribution in [-0.4, -0.2) is 44.7 Å². The van der Waals surface area contributed by atoms with Gasteiger partial charge in [0.2, 0.25) is 0 Å². The predicted octanol–water partition coefficient (Wildman–Crippen LogP) is 2.20. The molecule has 1 heterocycles. The molecule has 0 saturated carbocycles. The first kappa shape index (κ1) is 14.0. The molecule has 1 unspecified atom stereocenters. The minimum atomic E-state index is 0.637. The van der Waals surface area contributed by atoms with E-state index in [0.717, 1.165) is 30.9 Å². The third-order valence-corrected chi connectivity index (χ3v) is 3.72. The fourth-order valence-electron chi connectivity index (χ4n) is 2.45. The van der Waals surface area contributed by atoms with Crippen molar-refractivity contribution in [1.82, 2.24) is 4.90 Å². The zero-order chi connectivity index (χ0) is 13.8. The minimum absolute atomic E-state index is 0.637. The Morgan fingerprint density at radius 3 is 2.84 bits per heavy atom. The Labute approximate surface area is 116 Å². The van der Waals surface area contributed by atoms with Crippen molar-refractivity contribution in [3.8, 4) is 5.75 Å². The number of likely N-dealkylation sites (N-methyl/N-ethyl adjacent to an activating group) is 1. The molecule has 2 rings (SSSR count). The van der Waals surface area contributed by atoms with Crippen LogP contribution in [0.2, 0.25) is 0 Å². The van der Waals surface area contributed by atoms with Crippen LogP contribution in [0, 0.1) is 0 Å². The summed E-state index contributed by atoms with van der Waals surface area (Å²) in [6.07, 6.45) is 2.21. The molecule has 1 aliphatic rings. The molecule has 0 spiro atoms. The van der Waals surface area contributed by atoms with Crippen molar-refractivity contribution in [2.75, 3.05) is 44.4 Å². The molecule has 2 N–H and O–H groups in total. The lowest BCUT2D eigenvalue weighted by atomic mass is 10.2. The average Bonchev–Trinajstić information content (AvgIpc) is 2.87. The van der Waals surface area contributed by atoms with E-state index in [2.05, 4.69) is 43.0 Å². The maximum Gasteiger partial charge on any atom is 0.144 e. The van der Waals surface area contributed by atoms with Crippen LogP contribution >= 0.6 is 0 Å². The number of hydrogen-bond donors (Lipinski definition) is 1. The first-order valence-electron chi connectivity index (χ1n) is 7.05. The molecule has 1 aromatic carbocycles. The highest BCUT2D eigenvalue weighted by Gasteiger charge is 2.24. The summed E-state index contributed by atoms with van der Waals surface area (Å²) >= 11 is 0. The highest BCUT2D eigenvalue weighted by molar-refractivity contribution is 5.62. The fraction of sp³-hybridized carbons (Fsp3) is 0.600. The van der Waals surface area contributed by atoms with Gasteiger partial charge in [-0.1, -0.05) is 6.92 Å². The highest BCUT2D eigenvalue weighted by atomic mass is 16.5. The first-order valence-corrected chi connectivity index (χ1v) is 7.05. The SMILES string of the molecule is CCCOc1cc(N2CCC(N(C)C)C2)ccc1N. The van der Waals surface area contributed by atoms with Crippen LogP contribution in [0.25, 0.3) is 0 Å². The van der Waals surface area contributed by atoms with Crippen LogP contribution in [0.1, 0.15) is 19.8 Å². The smallest absolute Gasteiger partial charge is 0.144 e. The molecule has 0 aromatic heterocycles. The van der Waals surface area contributed by atoms with Crippen LogP contribution in [0.5, 0.6) is 5.75 Å². The second kappa shape index (κ2) is 6.15. The van der Waals surface area contributed by atoms with Gasteiger partial charge in [0, 0.05) is 30.9 Å². The van der Waals surface area contributed by atoms with Gasteiger partial charge < -0.3 is 20.3 Å². The number of rotatable bonds is 5. The third kappa shape index (κ3) is 3.32. The van der Waals surface area contributed by atoms with Crippen LogP contribution in [0.3, 0.4) is 0 Å². The van der Waals surface area contributed by atoms with E-state index >= 15 is 0 Å². The lowest BCUT2D eigenvalue weighted by Gasteiger charge is -2.22. The molecule has 0 aliphatic carbocycles. The zero-order valence-corrected chi connectivity index (χ0v) is 12.2. The molecule has 0 bridgehead atoms. The van der Waals surface area contributed by atoms with Gasteiger partial charge in [-0.15, -0.1) is 0 Å². The molecule has 0 radical (unpaired) electrons. The summed E-state index contributed by atoms with van der Waals surface area (Å²) in [4.78, 5) is 4.70. The highest BCUT2D eigenvalue weighted by Crippen LogP contribution is 2.30. The second-order valence-electron chi connectivity index (χ2n) is 5.42. The van der Waals surface area contributed by atoms with Gasteiger partial charge in [-0.3, -0.25) is 0 Å². The van der Waals surface area contributed by atoms with Gasteiger partial charge in [-0.25, -0.2) is 0 Å². The molecule has 0 amide bonds. The summed E-state index contributed by atoms with van der Waals surface area (Å²) in [5.41, 5.74) is 7.89. The largest absolute Gasteiger partial charge is 0.491 e. The number of benzene rings is 1. The molecule has 19 heavy (non-hydrogen) atoms. The van der Waals surface area contributed by atoms with Gasteiger partial charge in [-0.05, 0) is 39.1 Å². The normalized spacial score (nSPS) is 19.2. The maximum atomic E-state index is 5.95. The topological polar surface area (TPSA) is 41.7 Å². The van der Waals surface area contributed by atoms with E-state index in [4.69, 9.17) is 10.5 Å². The van der Waals surface area contributed by atoms with E-state index < -0.39 is 0 Å². The van der Waals surface area contributed by atoms with Crippen molar-refractivity contribution in [3.63, 3.8) is 0 Å². The van der Waals surface area contributed by atoms with Gasteiger partial charge in [0.25, 0.3) is 0 Å². The molecule has 1 saturated heterocycles. The van der Waals surface area contributed by atoms with E-state index in [1.54, 1.807) is 0 Å². The van der Waals surface area contributed by atoms with Gasteiger partial charge in [-0.2, -0.15) is 0 Å². The summed E-state index contributed by atoms with van der Waals surface area (Å²) < 4.78 is 5.70. The van der Waals surface area contributed by atoms with Crippen LogP contribution in [0.4, 0.5) is 11.4 Å². The summed E-state index contributed by atoms with van der Waals surface area (Å²) in [5.74, 6) is 0.813. The molecule has 4 heteroatoms. The lowest BCUT2D eigenvalue weighted by Crippen LogP contribution is -2.31. The Morgan fingerprint density at radius 1 is 1.42 bits per heavy atom. The van der Waals surface area contributed by atoms with Gasteiger partial charge in [0.05, 0.1) is 12.3 Å². The molecule has 1 aliphatic heterocycles. The monoisotopic (exact) mass is 263 g/mol. The maximum absolute atomic E-state index is 5.95. The van der Waals surface area contributed by atoms with E-state index in [1.165, 1.54) is 12.1 Å². The van der Waals surface area contributed by atoms with Crippen molar-refractivity contribution in [2.24, 2.45) is 0 Å². The number of hydrogen-bond acceptors (Lipinski definition) is 4. The minimum Gasteiger partial charge on any atom is -0.491 e. The van der Waals surface area contributed by atoms with E-state index in [9.17, 15) is 0 Å². The Hall–Kier alpha value is -1.42. The number of nitrogen functional groups attached to an aromatic ring is 1. The summed E-state index contributed by atoms with van der Waals surface area (Å²) in [5, 5.41) is 0. The van der Waals surface area contributed by atoms with Crippen LogP contribution in [0.15, 0.2) is 18.2 Å². The van der Waals surface area contributed by atoms with Crippen LogP contribution < -0.4 is 15.4 Å². The van der Waals surface area contributed by atoms with Crippen molar-refractivity contribution in [2.45, 2.75) is 25.8 Å². The summed E-state index contributed by atoms with van der Waals surface area (Å²) in [7, 11) is 4.29. The van der Waals surface area contributed by atoms with E-state index in [-0.39, 0.29) is 0 Å². The quantitative estimate of drug-likeness (QED) is 0.827. The predicted molar refractivity (Wildman–Crippen MR) is 80.9 cm³/mol. The summed E-state index contributed by atoms with van der Waals surface area (Å²) in [6.45, 7) is 4.99. The lowest BCUT2D eigenvalue weighted by molar-refractivity contribution is 0.315. The zero-order valence-electron chi connectivity index (χ0n) is 12.2. The Bertz CT molecular complexity index is 420. The van der Waals surface area contributed by atoms with E-state index in [0.29, 0.717) is 12.6 Å². The third-order valence-electron chi connectivity index (χ3n) is 3.72.